The molecule has 2 rings (SSSR count). The number of methoxy groups -OCH3 is 1. The van der Waals surface area contributed by atoms with E-state index in [1.807, 2.05) is 6.92 Å². The summed E-state index contributed by atoms with van der Waals surface area (Å²) in [5.41, 5.74) is 0.884. The molecule has 0 amide bonds. The molecule has 0 aliphatic heterocycles. The van der Waals surface area contributed by atoms with Crippen molar-refractivity contribution in [3.8, 4) is 0 Å². The molecule has 1 unspecified atom stereocenters. The van der Waals surface area contributed by atoms with Crippen molar-refractivity contribution in [3.05, 3.63) is 24.3 Å². The molecule has 1 saturated carbocycles. The van der Waals surface area contributed by atoms with Crippen molar-refractivity contribution < 1.29 is 13.2 Å². The van der Waals surface area contributed by atoms with Crippen LogP contribution in [-0.2, 0) is 14.8 Å². The van der Waals surface area contributed by atoms with E-state index in [-0.39, 0.29) is 12.1 Å². The monoisotopic (exact) mass is 284 g/mol. The molecule has 1 aromatic carbocycles. The summed E-state index contributed by atoms with van der Waals surface area (Å²) < 4.78 is 31.6. The lowest BCUT2D eigenvalue weighted by molar-refractivity contribution is 0.190. The van der Waals surface area contributed by atoms with Crippen LogP contribution >= 0.6 is 0 Å². The maximum atomic E-state index is 12.0. The third-order valence-corrected chi connectivity index (χ3v) is 4.43. The maximum Gasteiger partial charge on any atom is 0.240 e. The molecule has 0 bridgehead atoms. The molecule has 19 heavy (non-hydrogen) atoms. The standard InChI is InChI=1S/C13H20N2O3S/c1-10(9-18-2)14-11-5-7-13(8-6-11)19(16,17)15-12-3-4-12/h5-8,10,12,14-15H,3-4,9H2,1-2H3. The van der Waals surface area contributed by atoms with E-state index < -0.39 is 10.0 Å². The predicted octanol–water partition coefficient (Wildman–Crippen LogP) is 1.57. The van der Waals surface area contributed by atoms with Crippen molar-refractivity contribution in [2.24, 2.45) is 0 Å². The van der Waals surface area contributed by atoms with Crippen LogP contribution < -0.4 is 10.0 Å². The van der Waals surface area contributed by atoms with Gasteiger partial charge in [-0.05, 0) is 44.0 Å². The van der Waals surface area contributed by atoms with Crippen molar-refractivity contribution in [1.29, 1.82) is 0 Å². The summed E-state index contributed by atoms with van der Waals surface area (Å²) >= 11 is 0. The molecule has 106 valence electrons. The number of benzene rings is 1. The zero-order valence-corrected chi connectivity index (χ0v) is 12.0. The Morgan fingerprint density at radius 2 is 1.95 bits per heavy atom. The Morgan fingerprint density at radius 1 is 1.32 bits per heavy atom. The summed E-state index contributed by atoms with van der Waals surface area (Å²) in [5, 5.41) is 3.23. The van der Waals surface area contributed by atoms with Gasteiger partial charge in [0.05, 0.1) is 11.5 Å². The van der Waals surface area contributed by atoms with Gasteiger partial charge in [0.15, 0.2) is 0 Å². The summed E-state index contributed by atoms with van der Waals surface area (Å²) in [5.74, 6) is 0. The molecular formula is C13H20N2O3S. The van der Waals surface area contributed by atoms with E-state index >= 15 is 0 Å². The minimum Gasteiger partial charge on any atom is -0.383 e. The molecule has 1 fully saturated rings. The zero-order chi connectivity index (χ0) is 13.9. The van der Waals surface area contributed by atoms with Crippen LogP contribution in [0.1, 0.15) is 19.8 Å². The van der Waals surface area contributed by atoms with E-state index in [1.54, 1.807) is 31.4 Å². The number of hydrogen-bond acceptors (Lipinski definition) is 4. The van der Waals surface area contributed by atoms with Crippen LogP contribution in [0.4, 0.5) is 5.69 Å². The highest BCUT2D eigenvalue weighted by molar-refractivity contribution is 7.89. The van der Waals surface area contributed by atoms with E-state index in [9.17, 15) is 8.42 Å². The summed E-state index contributed by atoms with van der Waals surface area (Å²) in [6, 6.07) is 7.09. The van der Waals surface area contributed by atoms with Crippen LogP contribution in [0.5, 0.6) is 0 Å². The number of sulfonamides is 1. The number of ether oxygens (including phenoxy) is 1. The van der Waals surface area contributed by atoms with Gasteiger partial charge >= 0.3 is 0 Å². The highest BCUT2D eigenvalue weighted by atomic mass is 32.2. The number of anilines is 1. The highest BCUT2D eigenvalue weighted by Crippen LogP contribution is 2.22. The van der Waals surface area contributed by atoms with E-state index in [0.717, 1.165) is 18.5 Å². The Bertz CT molecular complexity index is 509. The molecule has 1 aliphatic rings. The Balaban J connectivity index is 2.01. The highest BCUT2D eigenvalue weighted by Gasteiger charge is 2.27. The fraction of sp³-hybridized carbons (Fsp3) is 0.538. The smallest absolute Gasteiger partial charge is 0.240 e. The quantitative estimate of drug-likeness (QED) is 0.797. The van der Waals surface area contributed by atoms with Gasteiger partial charge in [-0.2, -0.15) is 0 Å². The Hall–Kier alpha value is -1.11. The average Bonchev–Trinajstić information content (AvgIpc) is 3.13. The largest absolute Gasteiger partial charge is 0.383 e. The van der Waals surface area contributed by atoms with Gasteiger partial charge in [-0.1, -0.05) is 0 Å². The van der Waals surface area contributed by atoms with Gasteiger partial charge in [-0.25, -0.2) is 13.1 Å². The van der Waals surface area contributed by atoms with Crippen molar-refractivity contribution in [1.82, 2.24) is 4.72 Å². The van der Waals surface area contributed by atoms with Crippen molar-refractivity contribution >= 4 is 15.7 Å². The molecular weight excluding hydrogens is 264 g/mol. The molecule has 0 aromatic heterocycles. The van der Waals surface area contributed by atoms with Gasteiger partial charge in [0.25, 0.3) is 0 Å². The first-order chi connectivity index (χ1) is 9.01. The first kappa shape index (κ1) is 14.3. The molecule has 1 atom stereocenters. The summed E-state index contributed by atoms with van der Waals surface area (Å²) in [4.78, 5) is 0.310. The van der Waals surface area contributed by atoms with Crippen LogP contribution in [0.2, 0.25) is 0 Å². The van der Waals surface area contributed by atoms with Gasteiger partial charge in [0.1, 0.15) is 0 Å². The minimum absolute atomic E-state index is 0.129. The van der Waals surface area contributed by atoms with Gasteiger partial charge in [0.2, 0.25) is 10.0 Å². The molecule has 2 N–H and O–H groups in total. The Kier molecular flexibility index (Phi) is 4.44. The average molecular weight is 284 g/mol. The first-order valence-electron chi connectivity index (χ1n) is 6.39. The number of rotatable bonds is 7. The van der Waals surface area contributed by atoms with Crippen molar-refractivity contribution in [2.75, 3.05) is 19.0 Å². The van der Waals surface area contributed by atoms with Crippen molar-refractivity contribution in [2.45, 2.75) is 36.7 Å². The zero-order valence-electron chi connectivity index (χ0n) is 11.2. The fourth-order valence-corrected chi connectivity index (χ4v) is 3.10. The minimum atomic E-state index is -3.35. The first-order valence-corrected chi connectivity index (χ1v) is 7.87. The van der Waals surface area contributed by atoms with Gasteiger partial charge in [-0.3, -0.25) is 0 Å². The van der Waals surface area contributed by atoms with Gasteiger partial charge in [0, 0.05) is 24.9 Å². The van der Waals surface area contributed by atoms with Gasteiger partial charge < -0.3 is 10.1 Å². The second kappa shape index (κ2) is 5.90. The predicted molar refractivity (Wildman–Crippen MR) is 74.7 cm³/mol. The molecule has 1 aliphatic carbocycles. The van der Waals surface area contributed by atoms with Crippen molar-refractivity contribution in [3.63, 3.8) is 0 Å². The summed E-state index contributed by atoms with van der Waals surface area (Å²) in [6.45, 7) is 2.60. The summed E-state index contributed by atoms with van der Waals surface area (Å²) in [7, 11) is -1.70. The number of nitrogens with one attached hydrogen (secondary N) is 2. The van der Waals surface area contributed by atoms with Crippen LogP contribution in [0.15, 0.2) is 29.2 Å². The molecule has 0 saturated heterocycles. The lowest BCUT2D eigenvalue weighted by Gasteiger charge is -2.14. The molecule has 6 heteroatoms. The fourth-order valence-electron chi connectivity index (χ4n) is 1.80. The van der Waals surface area contributed by atoms with E-state index in [2.05, 4.69) is 10.0 Å². The molecule has 0 radical (unpaired) electrons. The number of hydrogen-bond donors (Lipinski definition) is 2. The second-order valence-electron chi connectivity index (χ2n) is 4.92. The SMILES string of the molecule is COCC(C)Nc1ccc(S(=O)(=O)NC2CC2)cc1. The third kappa shape index (κ3) is 4.19. The molecule has 0 heterocycles. The Morgan fingerprint density at radius 3 is 2.47 bits per heavy atom. The van der Waals surface area contributed by atoms with Gasteiger partial charge in [-0.15, -0.1) is 0 Å². The van der Waals surface area contributed by atoms with Crippen LogP contribution in [-0.4, -0.2) is 34.2 Å². The maximum absolute atomic E-state index is 12.0. The molecule has 5 nitrogen and oxygen atoms in total. The normalized spacial score (nSPS) is 17.2. The van der Waals surface area contributed by atoms with E-state index in [1.165, 1.54) is 0 Å². The van der Waals surface area contributed by atoms with Crippen LogP contribution in [0.3, 0.4) is 0 Å². The van der Waals surface area contributed by atoms with Crippen LogP contribution in [0, 0.1) is 0 Å². The van der Waals surface area contributed by atoms with E-state index in [0.29, 0.717) is 11.5 Å². The summed E-state index contributed by atoms with van der Waals surface area (Å²) in [6.07, 6.45) is 1.88. The third-order valence-electron chi connectivity index (χ3n) is 2.89. The lowest BCUT2D eigenvalue weighted by atomic mass is 10.3. The van der Waals surface area contributed by atoms with E-state index in [4.69, 9.17) is 4.74 Å². The topological polar surface area (TPSA) is 67.4 Å². The second-order valence-corrected chi connectivity index (χ2v) is 6.63. The Labute approximate surface area is 114 Å². The van der Waals surface area contributed by atoms with Crippen LogP contribution in [0.25, 0.3) is 0 Å². The molecule has 0 spiro atoms. The lowest BCUT2D eigenvalue weighted by Crippen LogP contribution is -2.25. The molecule has 1 aromatic rings.